The quantitative estimate of drug-likeness (QED) is 0.578. The van der Waals surface area contributed by atoms with Gasteiger partial charge in [0.15, 0.2) is 0 Å². The van der Waals surface area contributed by atoms with Crippen LogP contribution in [0.25, 0.3) is 11.1 Å². The minimum Gasteiger partial charge on any atom is -0.452 e. The molecule has 3 heterocycles. The average molecular weight is 514 g/mol. The van der Waals surface area contributed by atoms with Crippen LogP contribution in [0.1, 0.15) is 40.0 Å². The summed E-state index contributed by atoms with van der Waals surface area (Å²) in [7, 11) is 1.35. The molecule has 1 aromatic carbocycles. The molecule has 0 saturated carbocycles. The molecule has 2 aliphatic rings. The molecule has 2 aliphatic heterocycles. The number of nitrogens with zero attached hydrogens (tertiary/aromatic N) is 4. The second-order valence-corrected chi connectivity index (χ2v) is 10.1. The number of benzene rings is 1. The number of methoxy groups -OCH3 is 1. The fourth-order valence-corrected chi connectivity index (χ4v) is 5.58. The number of aromatic nitrogens is 2. The summed E-state index contributed by atoms with van der Waals surface area (Å²) in [5.74, 6) is 0.774. The van der Waals surface area contributed by atoms with Gasteiger partial charge < -0.3 is 19.9 Å². The van der Waals surface area contributed by atoms with Crippen molar-refractivity contribution in [2.45, 2.75) is 58.7 Å². The third-order valence-electron chi connectivity index (χ3n) is 7.51. The lowest BCUT2D eigenvalue weighted by Gasteiger charge is -2.41. The summed E-state index contributed by atoms with van der Waals surface area (Å²) in [6, 6.07) is 5.30. The number of piperidine rings is 1. The monoisotopic (exact) mass is 513 g/mol. The maximum absolute atomic E-state index is 13.7. The molecule has 2 amide bonds. The lowest BCUT2D eigenvalue weighted by atomic mass is 9.81. The Morgan fingerprint density at radius 3 is 2.78 bits per heavy atom. The number of nitrogens with one attached hydrogen (secondary N) is 1. The highest BCUT2D eigenvalue weighted by Gasteiger charge is 2.39. The van der Waals surface area contributed by atoms with Crippen molar-refractivity contribution in [3.8, 4) is 11.1 Å². The maximum Gasteiger partial charge on any atom is 0.414 e. The number of carbonyl (C=O) groups is 2. The van der Waals surface area contributed by atoms with Crippen molar-refractivity contribution in [1.29, 1.82) is 0 Å². The normalized spacial score (nSPS) is 22.4. The topological polar surface area (TPSA) is 109 Å². The van der Waals surface area contributed by atoms with Gasteiger partial charge >= 0.3 is 12.2 Å². The van der Waals surface area contributed by atoms with Crippen molar-refractivity contribution < 1.29 is 24.2 Å². The van der Waals surface area contributed by atoms with Crippen molar-refractivity contribution in [3.63, 3.8) is 0 Å². The van der Waals surface area contributed by atoms with Gasteiger partial charge in [-0.2, -0.15) is 5.10 Å². The largest absolute Gasteiger partial charge is 0.452 e. The molecule has 10 nitrogen and oxygen atoms in total. The Kier molecular flexibility index (Phi) is 8.71. The number of aliphatic hydroxyl groups is 1. The van der Waals surface area contributed by atoms with Gasteiger partial charge in [-0.1, -0.05) is 32.8 Å². The summed E-state index contributed by atoms with van der Waals surface area (Å²) < 4.78 is 12.9. The molecule has 2 unspecified atom stereocenters. The number of anilines is 2. The smallest absolute Gasteiger partial charge is 0.414 e. The Morgan fingerprint density at radius 1 is 1.24 bits per heavy atom. The highest BCUT2D eigenvalue weighted by molar-refractivity contribution is 6.01. The van der Waals surface area contributed by atoms with E-state index < -0.39 is 12.2 Å². The van der Waals surface area contributed by atoms with Crippen molar-refractivity contribution in [3.05, 3.63) is 30.6 Å². The molecule has 0 aliphatic carbocycles. The second kappa shape index (κ2) is 12.0. The third kappa shape index (κ3) is 5.75. The van der Waals surface area contributed by atoms with Gasteiger partial charge in [0.25, 0.3) is 0 Å². The molecule has 2 aromatic rings. The molecule has 1 aromatic heterocycles. The molecule has 10 heteroatoms. The summed E-state index contributed by atoms with van der Waals surface area (Å²) >= 11 is 0. The molecule has 2 N–H and O–H groups in total. The Balaban J connectivity index is 1.66. The van der Waals surface area contributed by atoms with Crippen LogP contribution in [0.3, 0.4) is 0 Å². The van der Waals surface area contributed by atoms with Crippen LogP contribution in [0.2, 0.25) is 0 Å². The zero-order chi connectivity index (χ0) is 26.5. The first-order chi connectivity index (χ1) is 17.9. The molecular formula is C27H39N5O5. The molecule has 1 fully saturated rings. The van der Waals surface area contributed by atoms with Crippen LogP contribution < -0.4 is 15.1 Å². The first-order valence-electron chi connectivity index (χ1n) is 13.2. The molecule has 202 valence electrons. The SMILES string of the molecule is CCC[C@@H](C)C1CCNCC1OC(=O)N1C[C@H](C)N(C(=O)OC)c2ccc(-c3cnn(CCO)c3)cc21. The van der Waals surface area contributed by atoms with E-state index in [1.54, 1.807) is 20.7 Å². The van der Waals surface area contributed by atoms with Crippen LogP contribution in [0, 0.1) is 11.8 Å². The predicted molar refractivity (Wildman–Crippen MR) is 142 cm³/mol. The van der Waals surface area contributed by atoms with Gasteiger partial charge in [-0.25, -0.2) is 9.59 Å². The number of carbonyl (C=O) groups excluding carboxylic acids is 2. The molecule has 0 bridgehead atoms. The molecule has 4 rings (SSSR count). The summed E-state index contributed by atoms with van der Waals surface area (Å²) in [4.78, 5) is 29.6. The highest BCUT2D eigenvalue weighted by atomic mass is 16.6. The van der Waals surface area contributed by atoms with E-state index in [4.69, 9.17) is 9.47 Å². The van der Waals surface area contributed by atoms with E-state index >= 15 is 0 Å². The molecule has 1 saturated heterocycles. The number of fused-ring (bicyclic) bond motifs is 1. The maximum atomic E-state index is 13.7. The van der Waals surface area contributed by atoms with Gasteiger partial charge in [-0.3, -0.25) is 14.5 Å². The summed E-state index contributed by atoms with van der Waals surface area (Å²) in [6.07, 6.45) is 5.65. The fourth-order valence-electron chi connectivity index (χ4n) is 5.58. The summed E-state index contributed by atoms with van der Waals surface area (Å²) in [6.45, 7) is 8.55. The minimum atomic E-state index is -0.477. The summed E-state index contributed by atoms with van der Waals surface area (Å²) in [5, 5.41) is 16.9. The standard InChI is InChI=1S/C27H39N5O5/c1-5-6-18(2)22-9-10-28-15-25(22)37-26(34)31-16-19(3)32(27(35)36-4)23-8-7-20(13-24(23)31)21-14-29-30(17-21)11-12-33/h7-8,13-14,17-19,22,25,28,33H,5-6,9-12,15-16H2,1-4H3/t18-,19+,22?,25?/m1/s1. The number of ether oxygens (including phenoxy) is 2. The Bertz CT molecular complexity index is 1090. The zero-order valence-corrected chi connectivity index (χ0v) is 22.2. The number of rotatable bonds is 7. The fraction of sp³-hybridized carbons (Fsp3) is 0.593. The van der Waals surface area contributed by atoms with E-state index in [0.29, 0.717) is 36.3 Å². The molecule has 4 atom stereocenters. The van der Waals surface area contributed by atoms with Crippen LogP contribution in [0.4, 0.5) is 21.0 Å². The van der Waals surface area contributed by atoms with Gasteiger partial charge in [-0.05, 0) is 43.5 Å². The minimum absolute atomic E-state index is 0.00913. The Morgan fingerprint density at radius 2 is 2.05 bits per heavy atom. The van der Waals surface area contributed by atoms with Crippen molar-refractivity contribution in [2.24, 2.45) is 11.8 Å². The number of amides is 2. The number of hydrogen-bond acceptors (Lipinski definition) is 7. The number of hydrogen-bond donors (Lipinski definition) is 2. The molecule has 37 heavy (non-hydrogen) atoms. The van der Waals surface area contributed by atoms with E-state index in [9.17, 15) is 14.7 Å². The van der Waals surface area contributed by atoms with Gasteiger partial charge in [0.2, 0.25) is 0 Å². The first kappa shape index (κ1) is 26.9. The van der Waals surface area contributed by atoms with Crippen LogP contribution >= 0.6 is 0 Å². The summed E-state index contributed by atoms with van der Waals surface area (Å²) in [5.41, 5.74) is 2.86. The van der Waals surface area contributed by atoms with Crippen molar-refractivity contribution in [2.75, 3.05) is 43.2 Å². The van der Waals surface area contributed by atoms with E-state index in [-0.39, 0.29) is 25.3 Å². The zero-order valence-electron chi connectivity index (χ0n) is 22.2. The third-order valence-corrected chi connectivity index (χ3v) is 7.51. The molecule has 0 spiro atoms. The van der Waals surface area contributed by atoms with Crippen molar-refractivity contribution >= 4 is 23.6 Å². The van der Waals surface area contributed by atoms with Gasteiger partial charge in [0.05, 0.1) is 50.4 Å². The van der Waals surface area contributed by atoms with Gasteiger partial charge in [0.1, 0.15) is 6.10 Å². The van der Waals surface area contributed by atoms with Crippen LogP contribution in [-0.2, 0) is 16.0 Å². The van der Waals surface area contributed by atoms with Gasteiger partial charge in [0, 0.05) is 24.2 Å². The lowest BCUT2D eigenvalue weighted by molar-refractivity contribution is 0.0278. The van der Waals surface area contributed by atoms with Crippen LogP contribution in [0.5, 0.6) is 0 Å². The Hall–Kier alpha value is -3.11. The second-order valence-electron chi connectivity index (χ2n) is 10.1. The van der Waals surface area contributed by atoms with Gasteiger partial charge in [-0.15, -0.1) is 0 Å². The Labute approximate surface area is 218 Å². The molecule has 0 radical (unpaired) electrons. The molecular weight excluding hydrogens is 474 g/mol. The van der Waals surface area contributed by atoms with E-state index in [0.717, 1.165) is 36.9 Å². The predicted octanol–water partition coefficient (Wildman–Crippen LogP) is 3.87. The lowest BCUT2D eigenvalue weighted by Crippen LogP contribution is -2.54. The first-order valence-corrected chi connectivity index (χ1v) is 13.2. The van der Waals surface area contributed by atoms with E-state index in [1.807, 2.05) is 31.3 Å². The van der Waals surface area contributed by atoms with E-state index in [1.165, 1.54) is 7.11 Å². The number of aliphatic hydroxyl groups excluding tert-OH is 1. The van der Waals surface area contributed by atoms with Crippen LogP contribution in [-0.4, -0.2) is 72.6 Å². The highest BCUT2D eigenvalue weighted by Crippen LogP contribution is 2.40. The van der Waals surface area contributed by atoms with E-state index in [2.05, 4.69) is 24.3 Å². The van der Waals surface area contributed by atoms with Crippen molar-refractivity contribution in [1.82, 2.24) is 15.1 Å². The average Bonchev–Trinajstić information content (AvgIpc) is 3.37. The van der Waals surface area contributed by atoms with Crippen LogP contribution in [0.15, 0.2) is 30.6 Å².